The third-order valence-electron chi connectivity index (χ3n) is 2.90. The summed E-state index contributed by atoms with van der Waals surface area (Å²) in [6.07, 6.45) is 1.66. The van der Waals surface area contributed by atoms with Gasteiger partial charge in [0.2, 0.25) is 5.91 Å². The van der Waals surface area contributed by atoms with Crippen LogP contribution in [-0.2, 0) is 11.8 Å². The second kappa shape index (κ2) is 5.96. The molecule has 0 bridgehead atoms. The highest BCUT2D eigenvalue weighted by atomic mass is 32.2. The molecule has 6 nitrogen and oxygen atoms in total. The van der Waals surface area contributed by atoms with Gasteiger partial charge >= 0.3 is 0 Å². The average molecular weight is 291 g/mol. The minimum atomic E-state index is -0.0639. The summed E-state index contributed by atoms with van der Waals surface area (Å²) in [6, 6.07) is 3.57. The van der Waals surface area contributed by atoms with Crippen LogP contribution in [0.5, 0.6) is 0 Å². The first-order valence-electron chi connectivity index (χ1n) is 6.11. The second-order valence-corrected chi connectivity index (χ2v) is 5.47. The minimum Gasteiger partial charge on any atom is -0.384 e. The Morgan fingerprint density at radius 3 is 2.75 bits per heavy atom. The summed E-state index contributed by atoms with van der Waals surface area (Å²) in [4.78, 5) is 16.8. The van der Waals surface area contributed by atoms with E-state index in [-0.39, 0.29) is 5.91 Å². The van der Waals surface area contributed by atoms with E-state index < -0.39 is 0 Å². The Morgan fingerprint density at radius 2 is 2.20 bits per heavy atom. The van der Waals surface area contributed by atoms with Crippen molar-refractivity contribution in [3.05, 3.63) is 29.7 Å². The maximum absolute atomic E-state index is 12.0. The van der Waals surface area contributed by atoms with Gasteiger partial charge in [-0.15, -0.1) is 11.8 Å². The number of hydrogen-bond donors (Lipinski definition) is 2. The second-order valence-electron chi connectivity index (χ2n) is 4.43. The number of amides is 1. The molecule has 0 saturated carbocycles. The lowest BCUT2D eigenvalue weighted by Crippen LogP contribution is -2.15. The highest BCUT2D eigenvalue weighted by Gasteiger charge is 2.12. The summed E-state index contributed by atoms with van der Waals surface area (Å²) in [5.74, 6) is 0.728. The molecule has 0 fully saturated rings. The molecule has 106 valence electrons. The zero-order chi connectivity index (χ0) is 14.7. The predicted octanol–water partition coefficient (Wildman–Crippen LogP) is 1.74. The van der Waals surface area contributed by atoms with E-state index in [0.29, 0.717) is 11.6 Å². The number of nitrogens with one attached hydrogen (secondary N) is 1. The lowest BCUT2D eigenvalue weighted by atomic mass is 10.3. The van der Waals surface area contributed by atoms with Gasteiger partial charge in [0.25, 0.3) is 0 Å². The van der Waals surface area contributed by atoms with Gasteiger partial charge in [-0.1, -0.05) is 0 Å². The molecule has 20 heavy (non-hydrogen) atoms. The first-order valence-corrected chi connectivity index (χ1v) is 7.10. The summed E-state index contributed by atoms with van der Waals surface area (Å²) < 4.78 is 1.75. The molecular weight excluding hydrogens is 274 g/mol. The van der Waals surface area contributed by atoms with Crippen LogP contribution in [0.1, 0.15) is 11.4 Å². The van der Waals surface area contributed by atoms with E-state index in [1.807, 2.05) is 27.0 Å². The van der Waals surface area contributed by atoms with Gasteiger partial charge in [-0.2, -0.15) is 5.10 Å². The van der Waals surface area contributed by atoms with Gasteiger partial charge in [0, 0.05) is 18.1 Å². The summed E-state index contributed by atoms with van der Waals surface area (Å²) in [5.41, 5.74) is 8.05. The number of nitrogens with zero attached hydrogens (tertiary/aromatic N) is 3. The molecule has 7 heteroatoms. The molecule has 0 aliphatic heterocycles. The first kappa shape index (κ1) is 14.4. The number of nitrogen functional groups attached to an aromatic ring is 1. The van der Waals surface area contributed by atoms with Gasteiger partial charge in [0.15, 0.2) is 0 Å². The van der Waals surface area contributed by atoms with Crippen molar-refractivity contribution >= 4 is 29.2 Å². The van der Waals surface area contributed by atoms with Crippen LogP contribution in [0.3, 0.4) is 0 Å². The number of aromatic nitrogens is 3. The fourth-order valence-electron chi connectivity index (χ4n) is 1.76. The highest BCUT2D eigenvalue weighted by Crippen LogP contribution is 2.21. The standard InChI is InChI=1S/C13H17N5OS/c1-8-13(9(2)18(3)17-8)16-12(19)7-20-10-4-5-11(14)15-6-10/h4-6H,7H2,1-3H3,(H2,14,15)(H,16,19). The van der Waals surface area contributed by atoms with Gasteiger partial charge < -0.3 is 11.1 Å². The van der Waals surface area contributed by atoms with Gasteiger partial charge in [-0.05, 0) is 26.0 Å². The summed E-state index contributed by atoms with van der Waals surface area (Å²) in [6.45, 7) is 3.80. The van der Waals surface area contributed by atoms with Crippen LogP contribution < -0.4 is 11.1 Å². The van der Waals surface area contributed by atoms with Crippen molar-refractivity contribution in [3.8, 4) is 0 Å². The molecule has 0 aliphatic rings. The largest absolute Gasteiger partial charge is 0.384 e. The molecular formula is C13H17N5OS. The Bertz CT molecular complexity index is 620. The van der Waals surface area contributed by atoms with Gasteiger partial charge in [-0.3, -0.25) is 9.48 Å². The van der Waals surface area contributed by atoms with Crippen molar-refractivity contribution in [2.24, 2.45) is 7.05 Å². The number of aryl methyl sites for hydroxylation is 2. The molecule has 2 aromatic heterocycles. The van der Waals surface area contributed by atoms with E-state index in [1.165, 1.54) is 11.8 Å². The SMILES string of the molecule is Cc1nn(C)c(C)c1NC(=O)CSc1ccc(N)nc1. The topological polar surface area (TPSA) is 85.8 Å². The Kier molecular flexibility index (Phi) is 4.29. The maximum atomic E-state index is 12.0. The number of carbonyl (C=O) groups is 1. The smallest absolute Gasteiger partial charge is 0.234 e. The fourth-order valence-corrected chi connectivity index (χ4v) is 2.42. The molecule has 0 aliphatic carbocycles. The number of nitrogens with two attached hydrogens (primary N) is 1. The molecule has 0 atom stereocenters. The molecule has 0 spiro atoms. The van der Waals surface area contributed by atoms with Crippen LogP contribution in [0.15, 0.2) is 23.2 Å². The Hall–Kier alpha value is -2.02. The number of pyridine rings is 1. The molecule has 1 amide bonds. The Labute approximate surface area is 121 Å². The van der Waals surface area contributed by atoms with Crippen LogP contribution in [0.4, 0.5) is 11.5 Å². The molecule has 2 aromatic rings. The van der Waals surface area contributed by atoms with E-state index in [1.54, 1.807) is 16.9 Å². The molecule has 2 rings (SSSR count). The highest BCUT2D eigenvalue weighted by molar-refractivity contribution is 8.00. The molecule has 0 radical (unpaired) electrons. The van der Waals surface area contributed by atoms with Gasteiger partial charge in [0.1, 0.15) is 5.82 Å². The molecule has 0 unspecified atom stereocenters. The summed E-state index contributed by atoms with van der Waals surface area (Å²) in [7, 11) is 1.85. The zero-order valence-corrected chi connectivity index (χ0v) is 12.5. The average Bonchev–Trinajstić information content (AvgIpc) is 2.65. The molecule has 2 heterocycles. The van der Waals surface area contributed by atoms with Crippen LogP contribution in [-0.4, -0.2) is 26.4 Å². The van der Waals surface area contributed by atoms with Crippen LogP contribution in [0.25, 0.3) is 0 Å². The Morgan fingerprint density at radius 1 is 1.45 bits per heavy atom. The molecule has 0 saturated heterocycles. The Balaban J connectivity index is 1.94. The van der Waals surface area contributed by atoms with E-state index in [2.05, 4.69) is 15.4 Å². The number of anilines is 2. The molecule has 3 N–H and O–H groups in total. The fraction of sp³-hybridized carbons (Fsp3) is 0.308. The first-order chi connectivity index (χ1) is 9.47. The van der Waals surface area contributed by atoms with Crippen molar-refractivity contribution in [2.75, 3.05) is 16.8 Å². The van der Waals surface area contributed by atoms with Crippen LogP contribution >= 0.6 is 11.8 Å². The normalized spacial score (nSPS) is 10.6. The van der Waals surface area contributed by atoms with Crippen molar-refractivity contribution in [2.45, 2.75) is 18.7 Å². The van der Waals surface area contributed by atoms with Crippen molar-refractivity contribution in [1.29, 1.82) is 0 Å². The third kappa shape index (κ3) is 3.30. The number of hydrogen-bond acceptors (Lipinski definition) is 5. The zero-order valence-electron chi connectivity index (χ0n) is 11.7. The van der Waals surface area contributed by atoms with Crippen molar-refractivity contribution in [3.63, 3.8) is 0 Å². The van der Waals surface area contributed by atoms with E-state index in [9.17, 15) is 4.79 Å². The van der Waals surface area contributed by atoms with Gasteiger partial charge in [-0.25, -0.2) is 4.98 Å². The number of thioether (sulfide) groups is 1. The van der Waals surface area contributed by atoms with E-state index >= 15 is 0 Å². The lowest BCUT2D eigenvalue weighted by Gasteiger charge is -2.05. The predicted molar refractivity (Wildman–Crippen MR) is 80.7 cm³/mol. The summed E-state index contributed by atoms with van der Waals surface area (Å²) >= 11 is 1.42. The summed E-state index contributed by atoms with van der Waals surface area (Å²) in [5, 5.41) is 7.16. The third-order valence-corrected chi connectivity index (χ3v) is 3.88. The quantitative estimate of drug-likeness (QED) is 0.838. The maximum Gasteiger partial charge on any atom is 0.234 e. The van der Waals surface area contributed by atoms with Crippen LogP contribution in [0, 0.1) is 13.8 Å². The van der Waals surface area contributed by atoms with Crippen molar-refractivity contribution < 1.29 is 4.79 Å². The van der Waals surface area contributed by atoms with Gasteiger partial charge in [0.05, 0.1) is 22.8 Å². The minimum absolute atomic E-state index is 0.0639. The van der Waals surface area contributed by atoms with E-state index in [4.69, 9.17) is 5.73 Å². The van der Waals surface area contributed by atoms with Crippen LogP contribution in [0.2, 0.25) is 0 Å². The lowest BCUT2D eigenvalue weighted by molar-refractivity contribution is -0.113. The monoisotopic (exact) mass is 291 g/mol. The number of rotatable bonds is 4. The number of carbonyl (C=O) groups excluding carboxylic acids is 1. The van der Waals surface area contributed by atoms with Crippen molar-refractivity contribution in [1.82, 2.24) is 14.8 Å². The van der Waals surface area contributed by atoms with E-state index in [0.717, 1.165) is 22.0 Å². The molecule has 0 aromatic carbocycles.